The van der Waals surface area contributed by atoms with E-state index in [1.807, 2.05) is 0 Å². The number of nitrogens with one attached hydrogen (secondary N) is 1. The SMILES string of the molecule is O=C(NCc1ccc(Cl)nc1)c1ccc(/C(F)=C/C(c2cc(Cl)c(Cl)c(Cl)c2)C(F)(F)F)cc1C(F)(F)F. The molecule has 1 heterocycles. The van der Waals surface area contributed by atoms with E-state index in [9.17, 15) is 35.5 Å². The van der Waals surface area contributed by atoms with Crippen LogP contribution in [0.4, 0.5) is 30.7 Å². The number of alkyl halides is 6. The molecule has 14 heteroatoms. The molecule has 0 saturated carbocycles. The van der Waals surface area contributed by atoms with Crippen LogP contribution >= 0.6 is 46.4 Å². The maximum Gasteiger partial charge on any atom is 0.417 e. The maximum atomic E-state index is 15.0. The van der Waals surface area contributed by atoms with Gasteiger partial charge in [0.05, 0.1) is 26.2 Å². The maximum absolute atomic E-state index is 15.0. The zero-order valence-electron chi connectivity index (χ0n) is 18.5. The largest absolute Gasteiger partial charge is 0.417 e. The Morgan fingerprint density at radius 3 is 2.11 bits per heavy atom. The van der Waals surface area contributed by atoms with E-state index in [2.05, 4.69) is 10.3 Å². The van der Waals surface area contributed by atoms with Crippen LogP contribution in [-0.2, 0) is 12.7 Å². The van der Waals surface area contributed by atoms with Crippen LogP contribution < -0.4 is 5.32 Å². The van der Waals surface area contributed by atoms with Crippen molar-refractivity contribution in [3.05, 3.63) is 103 Å². The number of pyridine rings is 1. The Balaban J connectivity index is 1.97. The number of allylic oxidation sites excluding steroid dienone is 1. The lowest BCUT2D eigenvalue weighted by atomic mass is 9.95. The van der Waals surface area contributed by atoms with Crippen LogP contribution in [0.3, 0.4) is 0 Å². The molecule has 1 aromatic heterocycles. The number of benzene rings is 2. The molecule has 1 unspecified atom stereocenters. The fraction of sp³-hybridized carbons (Fsp3) is 0.167. The van der Waals surface area contributed by atoms with Crippen molar-refractivity contribution in [1.82, 2.24) is 10.3 Å². The van der Waals surface area contributed by atoms with Crippen molar-refractivity contribution in [2.24, 2.45) is 0 Å². The fourth-order valence-electron chi connectivity index (χ4n) is 3.29. The van der Waals surface area contributed by atoms with Crippen molar-refractivity contribution in [3.63, 3.8) is 0 Å². The minimum atomic E-state index is -5.13. The molecule has 3 rings (SSSR count). The van der Waals surface area contributed by atoms with E-state index in [0.29, 0.717) is 11.6 Å². The highest BCUT2D eigenvalue weighted by Crippen LogP contribution is 2.42. The van der Waals surface area contributed by atoms with Crippen LogP contribution in [0.15, 0.2) is 54.7 Å². The van der Waals surface area contributed by atoms with Gasteiger partial charge in [0.25, 0.3) is 5.91 Å². The summed E-state index contributed by atoms with van der Waals surface area (Å²) < 4.78 is 97.4. The molecule has 3 aromatic rings. The number of halogens is 11. The van der Waals surface area contributed by atoms with Gasteiger partial charge in [-0.05, 0) is 47.5 Å². The van der Waals surface area contributed by atoms with Crippen LogP contribution in [-0.4, -0.2) is 17.1 Å². The number of nitrogens with zero attached hydrogens (tertiary/aromatic N) is 1. The second-order valence-corrected chi connectivity index (χ2v) is 9.34. The van der Waals surface area contributed by atoms with Crippen LogP contribution in [0.5, 0.6) is 0 Å². The molecule has 0 bridgehead atoms. The molecule has 1 atom stereocenters. The molecule has 0 saturated heterocycles. The number of carbonyl (C=O) groups is 1. The van der Waals surface area contributed by atoms with E-state index in [-0.39, 0.29) is 38.9 Å². The van der Waals surface area contributed by atoms with Gasteiger partial charge in [-0.1, -0.05) is 58.5 Å². The van der Waals surface area contributed by atoms with Crippen molar-refractivity contribution in [1.29, 1.82) is 0 Å². The van der Waals surface area contributed by atoms with Crippen LogP contribution in [0.25, 0.3) is 5.83 Å². The van der Waals surface area contributed by atoms with E-state index in [1.165, 1.54) is 18.3 Å². The molecule has 1 amide bonds. The van der Waals surface area contributed by atoms with Crippen LogP contribution in [0.2, 0.25) is 20.2 Å². The molecular formula is C24H13Cl4F7N2O. The van der Waals surface area contributed by atoms with E-state index < -0.39 is 52.3 Å². The second-order valence-electron chi connectivity index (χ2n) is 7.76. The third kappa shape index (κ3) is 7.31. The summed E-state index contributed by atoms with van der Waals surface area (Å²) in [7, 11) is 0. The summed E-state index contributed by atoms with van der Waals surface area (Å²) in [6.07, 6.45) is -8.82. The molecule has 0 spiro atoms. The highest BCUT2D eigenvalue weighted by atomic mass is 35.5. The summed E-state index contributed by atoms with van der Waals surface area (Å²) in [5.41, 5.74) is -3.40. The average molecular weight is 620 g/mol. The van der Waals surface area contributed by atoms with Gasteiger partial charge in [-0.3, -0.25) is 4.79 Å². The zero-order chi connectivity index (χ0) is 28.4. The molecule has 202 valence electrons. The van der Waals surface area contributed by atoms with Gasteiger partial charge in [-0.2, -0.15) is 26.3 Å². The Kier molecular flexibility index (Phi) is 9.24. The van der Waals surface area contributed by atoms with Gasteiger partial charge in [0, 0.05) is 18.3 Å². The fourth-order valence-corrected chi connectivity index (χ4v) is 4.02. The van der Waals surface area contributed by atoms with Crippen molar-refractivity contribution < 1.29 is 35.5 Å². The molecule has 2 aromatic carbocycles. The van der Waals surface area contributed by atoms with E-state index in [0.717, 1.165) is 18.2 Å². The van der Waals surface area contributed by atoms with Crippen molar-refractivity contribution in [2.45, 2.75) is 24.8 Å². The van der Waals surface area contributed by atoms with Gasteiger partial charge in [0.15, 0.2) is 0 Å². The summed E-state index contributed by atoms with van der Waals surface area (Å²) in [6, 6.07) is 6.22. The Bertz CT molecular complexity index is 1350. The summed E-state index contributed by atoms with van der Waals surface area (Å²) >= 11 is 23.0. The molecule has 3 nitrogen and oxygen atoms in total. The summed E-state index contributed by atoms with van der Waals surface area (Å²) in [5, 5.41) is 1.55. The molecular weight excluding hydrogens is 607 g/mol. The monoisotopic (exact) mass is 618 g/mol. The first kappa shape index (κ1) is 30.0. The summed E-state index contributed by atoms with van der Waals surface area (Å²) in [5.74, 6) is -5.40. The van der Waals surface area contributed by atoms with Crippen molar-refractivity contribution in [3.8, 4) is 0 Å². The first-order valence-corrected chi connectivity index (χ1v) is 11.8. The number of aromatic nitrogens is 1. The predicted octanol–water partition coefficient (Wildman–Crippen LogP) is 9.30. The van der Waals surface area contributed by atoms with Gasteiger partial charge >= 0.3 is 12.4 Å². The van der Waals surface area contributed by atoms with Crippen molar-refractivity contribution in [2.75, 3.05) is 0 Å². The zero-order valence-corrected chi connectivity index (χ0v) is 21.5. The molecule has 1 N–H and O–H groups in total. The standard InChI is InChI=1S/C24H13Cl4F7N2O/c25-17-6-13(7-18(26)21(17)28)15(23(30,31)32)8-19(29)12-2-3-14(16(5-12)24(33,34)35)22(38)37-10-11-1-4-20(27)36-9-11/h1-9,15H,10H2,(H,37,38)/b19-8-. The molecule has 38 heavy (non-hydrogen) atoms. The van der Waals surface area contributed by atoms with E-state index in [4.69, 9.17) is 46.4 Å². The Hall–Kier alpha value is -2.53. The summed E-state index contributed by atoms with van der Waals surface area (Å²) in [4.78, 5) is 16.2. The predicted molar refractivity (Wildman–Crippen MR) is 131 cm³/mol. The van der Waals surface area contributed by atoms with Gasteiger partial charge in [0.1, 0.15) is 16.9 Å². The highest BCUT2D eigenvalue weighted by molar-refractivity contribution is 6.48. The van der Waals surface area contributed by atoms with Crippen LogP contribution in [0.1, 0.15) is 38.5 Å². The molecule has 0 aliphatic carbocycles. The van der Waals surface area contributed by atoms with E-state index >= 15 is 0 Å². The number of carbonyl (C=O) groups excluding carboxylic acids is 1. The molecule has 0 fully saturated rings. The Morgan fingerprint density at radius 1 is 0.947 bits per heavy atom. The Labute approximate surface area is 231 Å². The van der Waals surface area contributed by atoms with Gasteiger partial charge in [0.2, 0.25) is 0 Å². The quantitative estimate of drug-likeness (QED) is 0.170. The lowest BCUT2D eigenvalue weighted by molar-refractivity contribution is -0.140. The van der Waals surface area contributed by atoms with Crippen LogP contribution in [0, 0.1) is 0 Å². The average Bonchev–Trinajstić information content (AvgIpc) is 2.83. The third-order valence-electron chi connectivity index (χ3n) is 5.12. The smallest absolute Gasteiger partial charge is 0.348 e. The van der Waals surface area contributed by atoms with Crippen molar-refractivity contribution >= 4 is 58.1 Å². The minimum Gasteiger partial charge on any atom is -0.348 e. The molecule has 0 aliphatic heterocycles. The number of amides is 1. The van der Waals surface area contributed by atoms with Gasteiger partial charge < -0.3 is 5.32 Å². The molecule has 0 radical (unpaired) electrons. The third-order valence-corrected chi connectivity index (χ3v) is 6.54. The first-order chi connectivity index (χ1) is 17.6. The lowest BCUT2D eigenvalue weighted by Crippen LogP contribution is -2.26. The molecule has 0 aliphatic rings. The van der Waals surface area contributed by atoms with E-state index in [1.54, 1.807) is 0 Å². The second kappa shape index (κ2) is 11.7. The number of rotatable bonds is 6. The highest BCUT2D eigenvalue weighted by Gasteiger charge is 2.41. The summed E-state index contributed by atoms with van der Waals surface area (Å²) in [6.45, 7) is -0.199. The topological polar surface area (TPSA) is 42.0 Å². The van der Waals surface area contributed by atoms with Gasteiger partial charge in [-0.15, -0.1) is 0 Å². The number of hydrogen-bond donors (Lipinski definition) is 1. The van der Waals surface area contributed by atoms with Gasteiger partial charge in [-0.25, -0.2) is 9.37 Å². The number of hydrogen-bond acceptors (Lipinski definition) is 2. The normalized spacial score (nSPS) is 13.4. The minimum absolute atomic E-state index is 0.0820. The lowest BCUT2D eigenvalue weighted by Gasteiger charge is -2.19. The first-order valence-electron chi connectivity index (χ1n) is 10.3. The Morgan fingerprint density at radius 2 is 1.58 bits per heavy atom.